The lowest BCUT2D eigenvalue weighted by molar-refractivity contribution is 0.494. The van der Waals surface area contributed by atoms with E-state index >= 15 is 0 Å². The van der Waals surface area contributed by atoms with Crippen LogP contribution in [0.5, 0.6) is 0 Å². The van der Waals surface area contributed by atoms with Crippen molar-refractivity contribution in [2.45, 2.75) is 0 Å². The molecule has 0 heterocycles. The zero-order chi connectivity index (χ0) is 5.21. The van der Waals surface area contributed by atoms with Crippen LogP contribution >= 0.6 is 0 Å². The molecule has 0 saturated carbocycles. The average Bonchev–Trinajstić information content (AvgIpc) is 1.35. The molecule has 0 radical (unpaired) electrons. The Labute approximate surface area is 40.8 Å². The monoisotopic (exact) mass is 128 g/mol. The molecule has 7 heavy (non-hydrogen) atoms. The van der Waals surface area contributed by atoms with Crippen LogP contribution in [-0.2, 0) is 10.1 Å². The maximum atomic E-state index is 9.44. The van der Waals surface area contributed by atoms with Gasteiger partial charge >= 0.3 is 0 Å². The van der Waals surface area contributed by atoms with E-state index in [0.717, 1.165) is 0 Å². The second-order valence-corrected chi connectivity index (χ2v) is 2.04. The molecule has 0 aliphatic carbocycles. The van der Waals surface area contributed by atoms with Crippen molar-refractivity contribution in [3.8, 4) is 0 Å². The fraction of sp³-hybridized carbons (Fsp3) is 0. The Hall–Kier alpha value is -0.420. The van der Waals surface area contributed by atoms with Gasteiger partial charge in [-0.05, 0) is 0 Å². The molecule has 0 aromatic rings. The van der Waals surface area contributed by atoms with E-state index in [4.69, 9.17) is 4.55 Å². The van der Waals surface area contributed by atoms with Crippen LogP contribution in [-0.4, -0.2) is 13.0 Å². The van der Waals surface area contributed by atoms with E-state index in [1.54, 1.807) is 0 Å². The molecule has 0 aliphatic rings. The average molecular weight is 128 g/mol. The molecular weight excluding hydrogens is 123 g/mol. The smallest absolute Gasteiger partial charge is 0.282 e. The van der Waals surface area contributed by atoms with Crippen molar-refractivity contribution in [1.82, 2.24) is 0 Å². The molecule has 0 spiro atoms. The summed E-state index contributed by atoms with van der Waals surface area (Å²) >= 11 is 0. The van der Waals surface area contributed by atoms with Gasteiger partial charge in [0, 0.05) is 0 Å². The SMILES string of the molecule is C=CS(=O)(=O)O.F. The summed E-state index contributed by atoms with van der Waals surface area (Å²) in [6.45, 7) is 2.79. The van der Waals surface area contributed by atoms with E-state index in [9.17, 15) is 8.42 Å². The van der Waals surface area contributed by atoms with Gasteiger partial charge in [-0.3, -0.25) is 9.26 Å². The fourth-order valence-corrected chi connectivity index (χ4v) is 0. The Morgan fingerprint density at radius 3 is 1.71 bits per heavy atom. The molecule has 0 atom stereocenters. The Morgan fingerprint density at radius 2 is 1.71 bits per heavy atom. The first kappa shape index (κ1) is 9.77. The van der Waals surface area contributed by atoms with Crippen molar-refractivity contribution >= 4 is 10.1 Å². The van der Waals surface area contributed by atoms with E-state index in [-0.39, 0.29) is 4.70 Å². The summed E-state index contributed by atoms with van der Waals surface area (Å²) in [5.41, 5.74) is 0. The molecule has 0 aromatic heterocycles. The third kappa shape index (κ3) is 10.7. The lowest BCUT2D eigenvalue weighted by atomic mass is 11.3. The minimum Gasteiger partial charge on any atom is -0.282 e. The molecular formula is C2H5FO3S. The van der Waals surface area contributed by atoms with Crippen molar-refractivity contribution in [2.24, 2.45) is 0 Å². The highest BCUT2D eigenvalue weighted by atomic mass is 32.2. The third-order valence-corrected chi connectivity index (χ3v) is 0.632. The molecule has 0 rings (SSSR count). The van der Waals surface area contributed by atoms with Crippen LogP contribution < -0.4 is 0 Å². The summed E-state index contributed by atoms with van der Waals surface area (Å²) in [4.78, 5) is 0. The molecule has 0 unspecified atom stereocenters. The first-order valence-electron chi connectivity index (χ1n) is 1.16. The first-order chi connectivity index (χ1) is 2.56. The summed E-state index contributed by atoms with van der Waals surface area (Å²) < 4.78 is 26.6. The minimum atomic E-state index is -3.90. The number of halogens is 1. The van der Waals surface area contributed by atoms with Gasteiger partial charge in [-0.2, -0.15) is 8.42 Å². The van der Waals surface area contributed by atoms with Crippen molar-refractivity contribution in [2.75, 3.05) is 0 Å². The van der Waals surface area contributed by atoms with Crippen LogP contribution in [0.4, 0.5) is 4.70 Å². The Kier molecular flexibility index (Phi) is 3.77. The Bertz CT molecular complexity index is 123. The van der Waals surface area contributed by atoms with Crippen molar-refractivity contribution < 1.29 is 17.7 Å². The van der Waals surface area contributed by atoms with Gasteiger partial charge in [0.1, 0.15) is 0 Å². The minimum absolute atomic E-state index is 0. The van der Waals surface area contributed by atoms with Gasteiger partial charge in [0.25, 0.3) is 10.1 Å². The fourth-order valence-electron chi connectivity index (χ4n) is 0. The van der Waals surface area contributed by atoms with Crippen molar-refractivity contribution in [3.05, 3.63) is 12.0 Å². The van der Waals surface area contributed by atoms with E-state index in [2.05, 4.69) is 6.58 Å². The maximum Gasteiger partial charge on any atom is 0.287 e. The summed E-state index contributed by atoms with van der Waals surface area (Å²) in [5.74, 6) is 0. The van der Waals surface area contributed by atoms with Gasteiger partial charge in [-0.15, -0.1) is 0 Å². The Balaban J connectivity index is 0. The molecule has 0 saturated heterocycles. The zero-order valence-corrected chi connectivity index (χ0v) is 4.18. The van der Waals surface area contributed by atoms with E-state index in [0.29, 0.717) is 5.41 Å². The third-order valence-electron chi connectivity index (χ3n) is 0.211. The molecule has 0 bridgehead atoms. The highest BCUT2D eigenvalue weighted by Gasteiger charge is 1.87. The quantitative estimate of drug-likeness (QED) is 0.512. The van der Waals surface area contributed by atoms with Crippen molar-refractivity contribution in [3.63, 3.8) is 0 Å². The standard InChI is InChI=1S/C2H4O3S.FH/c1-2-6(3,4)5;/h2H,1H2,(H,3,4,5);1H. The van der Waals surface area contributed by atoms with Crippen LogP contribution in [0.25, 0.3) is 0 Å². The number of hydrogen-bond donors (Lipinski definition) is 1. The Morgan fingerprint density at radius 1 is 1.57 bits per heavy atom. The summed E-state index contributed by atoms with van der Waals surface area (Å²) in [5, 5.41) is 0.465. The topological polar surface area (TPSA) is 54.4 Å². The lowest BCUT2D eigenvalue weighted by Gasteiger charge is -1.73. The van der Waals surface area contributed by atoms with Gasteiger partial charge in [-0.1, -0.05) is 6.58 Å². The summed E-state index contributed by atoms with van der Waals surface area (Å²) in [7, 11) is -3.90. The van der Waals surface area contributed by atoms with Crippen LogP contribution in [0.15, 0.2) is 12.0 Å². The van der Waals surface area contributed by atoms with E-state index in [1.807, 2.05) is 0 Å². The second-order valence-electron chi connectivity index (χ2n) is 0.682. The predicted molar refractivity (Wildman–Crippen MR) is 24.2 cm³/mol. The molecule has 3 nitrogen and oxygen atoms in total. The lowest BCUT2D eigenvalue weighted by Crippen LogP contribution is -1.86. The molecule has 0 fully saturated rings. The molecule has 0 amide bonds. The van der Waals surface area contributed by atoms with Crippen LogP contribution in [0.1, 0.15) is 0 Å². The van der Waals surface area contributed by atoms with Crippen molar-refractivity contribution in [1.29, 1.82) is 0 Å². The largest absolute Gasteiger partial charge is 0.287 e. The number of hydrogen-bond acceptors (Lipinski definition) is 2. The predicted octanol–water partition coefficient (Wildman–Crippen LogP) is 0.170. The van der Waals surface area contributed by atoms with Crippen LogP contribution in [0, 0.1) is 0 Å². The van der Waals surface area contributed by atoms with E-state index in [1.165, 1.54) is 0 Å². The summed E-state index contributed by atoms with van der Waals surface area (Å²) in [6, 6.07) is 0. The van der Waals surface area contributed by atoms with Gasteiger partial charge in [0.2, 0.25) is 0 Å². The van der Waals surface area contributed by atoms with Gasteiger partial charge in [0.15, 0.2) is 0 Å². The molecule has 0 aromatic carbocycles. The highest BCUT2D eigenvalue weighted by Crippen LogP contribution is 1.75. The van der Waals surface area contributed by atoms with Crippen LogP contribution in [0.2, 0.25) is 0 Å². The molecule has 0 aliphatic heterocycles. The van der Waals surface area contributed by atoms with Gasteiger partial charge in [-0.25, -0.2) is 0 Å². The van der Waals surface area contributed by atoms with E-state index < -0.39 is 10.1 Å². The molecule has 5 heteroatoms. The molecule has 44 valence electrons. The second kappa shape index (κ2) is 2.70. The normalized spacial score (nSPS) is 9.29. The van der Waals surface area contributed by atoms with Gasteiger partial charge < -0.3 is 0 Å². The highest BCUT2D eigenvalue weighted by molar-refractivity contribution is 7.88. The van der Waals surface area contributed by atoms with Gasteiger partial charge in [0.05, 0.1) is 5.41 Å². The zero-order valence-electron chi connectivity index (χ0n) is 3.36. The molecule has 1 N–H and O–H groups in total. The number of rotatable bonds is 1. The first-order valence-corrected chi connectivity index (χ1v) is 2.66. The van der Waals surface area contributed by atoms with Crippen LogP contribution in [0.3, 0.4) is 0 Å². The maximum absolute atomic E-state index is 9.44. The summed E-state index contributed by atoms with van der Waals surface area (Å²) in [6.07, 6.45) is 0.